The predicted octanol–water partition coefficient (Wildman–Crippen LogP) is 3.16. The van der Waals surface area contributed by atoms with Gasteiger partial charge in [0.1, 0.15) is 17.5 Å². The van der Waals surface area contributed by atoms with Crippen LogP contribution in [0.2, 0.25) is 0 Å². The summed E-state index contributed by atoms with van der Waals surface area (Å²) in [6.45, 7) is 11.4. The molecule has 0 fully saturated rings. The van der Waals surface area contributed by atoms with E-state index in [2.05, 4.69) is 59.4 Å². The zero-order valence-electron chi connectivity index (χ0n) is 19.8. The average molecular weight is 553 g/mol. The summed E-state index contributed by atoms with van der Waals surface area (Å²) in [5.74, 6) is 1.16. The van der Waals surface area contributed by atoms with Gasteiger partial charge in [-0.15, -0.1) is 24.0 Å². The maximum atomic E-state index is 9.53. The molecule has 0 bridgehead atoms. The van der Waals surface area contributed by atoms with Crippen LogP contribution in [0.1, 0.15) is 45.4 Å². The maximum absolute atomic E-state index is 9.53. The fourth-order valence-electron chi connectivity index (χ4n) is 3.64. The summed E-state index contributed by atoms with van der Waals surface area (Å²) >= 11 is 0. The number of aryl methyl sites for hydroxylation is 1. The Kier molecular flexibility index (Phi) is 12.1. The minimum absolute atomic E-state index is 0. The van der Waals surface area contributed by atoms with Crippen molar-refractivity contribution in [3.8, 4) is 11.8 Å². The van der Waals surface area contributed by atoms with Crippen molar-refractivity contribution in [1.29, 1.82) is 5.26 Å². The fraction of sp³-hybridized carbons (Fsp3) is 0.522. The molecule has 32 heavy (non-hydrogen) atoms. The van der Waals surface area contributed by atoms with E-state index in [9.17, 15) is 5.26 Å². The van der Waals surface area contributed by atoms with Crippen molar-refractivity contribution >= 4 is 35.8 Å². The number of anilines is 1. The summed E-state index contributed by atoms with van der Waals surface area (Å²) in [4.78, 5) is 6.74. The van der Waals surface area contributed by atoms with Gasteiger partial charge in [0.25, 0.3) is 0 Å². The van der Waals surface area contributed by atoms with E-state index in [1.165, 1.54) is 0 Å². The number of hydrogen-bond donors (Lipinski definition) is 3. The van der Waals surface area contributed by atoms with Crippen LogP contribution in [-0.4, -0.2) is 59.4 Å². The van der Waals surface area contributed by atoms with Crippen LogP contribution in [0.5, 0.6) is 0 Å². The largest absolute Gasteiger partial charge is 0.382 e. The van der Waals surface area contributed by atoms with Gasteiger partial charge in [-0.1, -0.05) is 18.2 Å². The number of guanidine groups is 1. The van der Waals surface area contributed by atoms with Crippen molar-refractivity contribution in [2.24, 2.45) is 4.99 Å². The Balaban J connectivity index is 0.00000512. The van der Waals surface area contributed by atoms with E-state index in [0.29, 0.717) is 29.9 Å². The number of para-hydroxylation sites is 1. The van der Waals surface area contributed by atoms with Crippen LogP contribution in [0, 0.1) is 11.3 Å². The van der Waals surface area contributed by atoms with Gasteiger partial charge in [-0.25, -0.2) is 4.68 Å². The fourth-order valence-corrected chi connectivity index (χ4v) is 3.64. The lowest BCUT2D eigenvalue weighted by atomic mass is 10.1. The minimum atomic E-state index is 0. The molecule has 0 aliphatic heterocycles. The SMILES string of the molecule is CN=C(NCCCc1nn(-c2ccccc2)c(N)c1C#N)NCCN(C(C)C)C(C)C.I. The second kappa shape index (κ2) is 14.0. The third kappa shape index (κ3) is 7.67. The summed E-state index contributed by atoms with van der Waals surface area (Å²) < 4.78 is 1.64. The first-order valence-electron chi connectivity index (χ1n) is 10.9. The summed E-state index contributed by atoms with van der Waals surface area (Å²) in [6.07, 6.45) is 1.47. The van der Waals surface area contributed by atoms with Gasteiger partial charge in [-0.2, -0.15) is 10.4 Å². The lowest BCUT2D eigenvalue weighted by molar-refractivity contribution is 0.178. The monoisotopic (exact) mass is 552 g/mol. The molecule has 0 saturated heterocycles. The van der Waals surface area contributed by atoms with Crippen molar-refractivity contribution in [2.75, 3.05) is 32.4 Å². The minimum Gasteiger partial charge on any atom is -0.382 e. The first kappa shape index (κ1) is 27.7. The Labute approximate surface area is 209 Å². The van der Waals surface area contributed by atoms with E-state index >= 15 is 0 Å². The van der Waals surface area contributed by atoms with E-state index in [-0.39, 0.29) is 24.0 Å². The number of hydrogen-bond acceptors (Lipinski definition) is 5. The van der Waals surface area contributed by atoms with Gasteiger partial charge >= 0.3 is 0 Å². The van der Waals surface area contributed by atoms with Gasteiger partial charge in [0.05, 0.1) is 11.4 Å². The number of benzene rings is 1. The number of nitriles is 1. The average Bonchev–Trinajstić information content (AvgIpc) is 3.07. The van der Waals surface area contributed by atoms with Crippen LogP contribution in [0.25, 0.3) is 5.69 Å². The first-order chi connectivity index (χ1) is 14.9. The molecule has 9 heteroatoms. The van der Waals surface area contributed by atoms with Crippen LogP contribution in [0.4, 0.5) is 5.82 Å². The number of halogens is 1. The standard InChI is InChI=1S/C23H36N8.HI/c1-17(2)30(18(3)4)15-14-28-23(26-5)27-13-9-12-21-20(16-24)22(25)31(29-21)19-10-7-6-8-11-19;/h6-8,10-11,17-18H,9,12-15,25H2,1-5H3,(H2,26,27,28);1H. The van der Waals surface area contributed by atoms with Crippen molar-refractivity contribution < 1.29 is 0 Å². The topological polar surface area (TPSA) is 107 Å². The molecule has 0 aliphatic carbocycles. The smallest absolute Gasteiger partial charge is 0.191 e. The molecular formula is C23H37IN8. The number of aliphatic imine (C=N–C) groups is 1. The van der Waals surface area contributed by atoms with Gasteiger partial charge in [-0.05, 0) is 52.7 Å². The van der Waals surface area contributed by atoms with Crippen molar-refractivity contribution in [2.45, 2.75) is 52.6 Å². The van der Waals surface area contributed by atoms with Crippen LogP contribution in [-0.2, 0) is 6.42 Å². The summed E-state index contributed by atoms with van der Waals surface area (Å²) in [5.41, 5.74) is 8.19. The summed E-state index contributed by atoms with van der Waals surface area (Å²) in [5, 5.41) is 20.8. The molecule has 1 aromatic heterocycles. The molecular weight excluding hydrogens is 515 g/mol. The summed E-state index contributed by atoms with van der Waals surface area (Å²) in [6, 6.07) is 12.8. The number of nitrogens with one attached hydrogen (secondary N) is 2. The van der Waals surface area contributed by atoms with E-state index in [4.69, 9.17) is 5.73 Å². The summed E-state index contributed by atoms with van der Waals surface area (Å²) in [7, 11) is 1.77. The Bertz CT molecular complexity index is 875. The molecule has 0 radical (unpaired) electrons. The molecule has 2 rings (SSSR count). The Morgan fingerprint density at radius 2 is 1.78 bits per heavy atom. The molecule has 0 aliphatic rings. The van der Waals surface area contributed by atoms with E-state index in [1.807, 2.05) is 30.3 Å². The van der Waals surface area contributed by atoms with Gasteiger partial charge in [0, 0.05) is 38.8 Å². The van der Waals surface area contributed by atoms with Gasteiger partial charge in [0.2, 0.25) is 0 Å². The second-order valence-corrected chi connectivity index (χ2v) is 8.02. The van der Waals surface area contributed by atoms with Crippen LogP contribution in [0.15, 0.2) is 35.3 Å². The predicted molar refractivity (Wildman–Crippen MR) is 143 cm³/mol. The highest BCUT2D eigenvalue weighted by Crippen LogP contribution is 2.21. The normalized spacial score (nSPS) is 11.5. The van der Waals surface area contributed by atoms with Crippen LogP contribution < -0.4 is 16.4 Å². The molecule has 176 valence electrons. The molecule has 0 unspecified atom stereocenters. The Morgan fingerprint density at radius 3 is 2.34 bits per heavy atom. The molecule has 0 spiro atoms. The molecule has 8 nitrogen and oxygen atoms in total. The second-order valence-electron chi connectivity index (χ2n) is 8.02. The van der Waals surface area contributed by atoms with E-state index < -0.39 is 0 Å². The molecule has 4 N–H and O–H groups in total. The Morgan fingerprint density at radius 1 is 1.16 bits per heavy atom. The molecule has 0 saturated carbocycles. The van der Waals surface area contributed by atoms with Gasteiger partial charge in [-0.3, -0.25) is 9.89 Å². The number of nitrogens with two attached hydrogens (primary N) is 1. The number of aromatic nitrogens is 2. The number of nitrogens with zero attached hydrogens (tertiary/aromatic N) is 5. The van der Waals surface area contributed by atoms with Gasteiger partial charge < -0.3 is 16.4 Å². The molecule has 1 aromatic carbocycles. The van der Waals surface area contributed by atoms with Crippen molar-refractivity contribution in [3.05, 3.63) is 41.6 Å². The third-order valence-corrected chi connectivity index (χ3v) is 5.20. The Hall–Kier alpha value is -2.32. The third-order valence-electron chi connectivity index (χ3n) is 5.20. The van der Waals surface area contributed by atoms with Gasteiger partial charge in [0.15, 0.2) is 5.96 Å². The zero-order valence-corrected chi connectivity index (χ0v) is 22.1. The maximum Gasteiger partial charge on any atom is 0.191 e. The van der Waals surface area contributed by atoms with Crippen LogP contribution in [0.3, 0.4) is 0 Å². The van der Waals surface area contributed by atoms with E-state index in [0.717, 1.165) is 43.4 Å². The lowest BCUT2D eigenvalue weighted by Gasteiger charge is -2.30. The molecule has 2 aromatic rings. The first-order valence-corrected chi connectivity index (χ1v) is 10.9. The molecule has 0 amide bonds. The highest BCUT2D eigenvalue weighted by molar-refractivity contribution is 14.0. The highest BCUT2D eigenvalue weighted by Gasteiger charge is 2.16. The molecule has 1 heterocycles. The molecule has 0 atom stereocenters. The lowest BCUT2D eigenvalue weighted by Crippen LogP contribution is -2.45. The van der Waals surface area contributed by atoms with Crippen LogP contribution >= 0.6 is 24.0 Å². The quantitative estimate of drug-likeness (QED) is 0.181. The highest BCUT2D eigenvalue weighted by atomic mass is 127. The van der Waals surface area contributed by atoms with Crippen molar-refractivity contribution in [1.82, 2.24) is 25.3 Å². The van der Waals surface area contributed by atoms with E-state index in [1.54, 1.807) is 11.7 Å². The number of nitrogen functional groups attached to an aromatic ring is 1. The number of rotatable bonds is 10. The van der Waals surface area contributed by atoms with Crippen molar-refractivity contribution in [3.63, 3.8) is 0 Å². The zero-order chi connectivity index (χ0) is 22.8.